The van der Waals surface area contributed by atoms with E-state index in [0.29, 0.717) is 12.3 Å². The molecule has 1 aromatic heterocycles. The lowest BCUT2D eigenvalue weighted by Gasteiger charge is -2.34. The predicted octanol–water partition coefficient (Wildman–Crippen LogP) is 3.59. The average molecular weight is 337 g/mol. The summed E-state index contributed by atoms with van der Waals surface area (Å²) >= 11 is 0. The summed E-state index contributed by atoms with van der Waals surface area (Å²) in [6.45, 7) is 8.94. The first-order valence-corrected chi connectivity index (χ1v) is 7.98. The van der Waals surface area contributed by atoms with E-state index in [1.807, 2.05) is 32.0 Å². The van der Waals surface area contributed by atoms with Crippen molar-refractivity contribution in [2.75, 3.05) is 19.6 Å². The first kappa shape index (κ1) is 17.8. The summed E-state index contributed by atoms with van der Waals surface area (Å²) in [5.74, 6) is 0.342. The molecular weight excluding hydrogens is 312 g/mol. The van der Waals surface area contributed by atoms with Crippen molar-refractivity contribution in [2.24, 2.45) is 5.41 Å². The lowest BCUT2D eigenvalue weighted by Crippen LogP contribution is -2.42. The number of aryl methyl sites for hydroxylation is 2. The van der Waals surface area contributed by atoms with Gasteiger partial charge in [0.1, 0.15) is 5.58 Å². The van der Waals surface area contributed by atoms with Gasteiger partial charge in [-0.15, -0.1) is 12.4 Å². The molecule has 1 fully saturated rings. The maximum atomic E-state index is 12.5. The Bertz CT molecular complexity index is 702. The number of benzene rings is 1. The van der Waals surface area contributed by atoms with E-state index in [2.05, 4.69) is 17.6 Å². The van der Waals surface area contributed by atoms with Crippen LogP contribution in [0.25, 0.3) is 11.0 Å². The van der Waals surface area contributed by atoms with Gasteiger partial charge < -0.3 is 15.1 Å². The van der Waals surface area contributed by atoms with Crippen LogP contribution in [-0.2, 0) is 0 Å². The Hall–Kier alpha value is -1.52. The Balaban J connectivity index is 0.00000192. The molecule has 0 radical (unpaired) electrons. The van der Waals surface area contributed by atoms with E-state index in [1.54, 1.807) is 0 Å². The van der Waals surface area contributed by atoms with Crippen LogP contribution in [0.3, 0.4) is 0 Å². The van der Waals surface area contributed by atoms with Crippen LogP contribution in [0.5, 0.6) is 0 Å². The molecule has 4 nitrogen and oxygen atoms in total. The van der Waals surface area contributed by atoms with Gasteiger partial charge in [-0.25, -0.2) is 0 Å². The fourth-order valence-electron chi connectivity index (χ4n) is 3.18. The number of carbonyl (C=O) groups excluding carboxylic acids is 1. The topological polar surface area (TPSA) is 54.3 Å². The fourth-order valence-corrected chi connectivity index (χ4v) is 3.18. The van der Waals surface area contributed by atoms with E-state index >= 15 is 0 Å². The molecule has 2 N–H and O–H groups in total. The number of nitrogens with one attached hydrogen (secondary N) is 2. The number of para-hydroxylation sites is 1. The van der Waals surface area contributed by atoms with Gasteiger partial charge in [-0.3, -0.25) is 4.79 Å². The lowest BCUT2D eigenvalue weighted by molar-refractivity contribution is 0.0896. The van der Waals surface area contributed by atoms with Crippen LogP contribution >= 0.6 is 12.4 Å². The van der Waals surface area contributed by atoms with E-state index < -0.39 is 0 Å². The molecule has 0 aliphatic carbocycles. The van der Waals surface area contributed by atoms with E-state index in [4.69, 9.17) is 4.42 Å². The molecule has 1 saturated heterocycles. The molecule has 3 rings (SSSR count). The largest absolute Gasteiger partial charge is 0.450 e. The third-order valence-corrected chi connectivity index (χ3v) is 4.85. The Morgan fingerprint density at radius 2 is 2.00 bits per heavy atom. The second-order valence-electron chi connectivity index (χ2n) is 6.75. The van der Waals surface area contributed by atoms with Crippen molar-refractivity contribution >= 4 is 29.3 Å². The lowest BCUT2D eigenvalue weighted by atomic mass is 9.81. The number of piperidine rings is 1. The zero-order valence-corrected chi connectivity index (χ0v) is 14.8. The molecule has 0 bridgehead atoms. The van der Waals surface area contributed by atoms with Crippen LogP contribution in [0.4, 0.5) is 0 Å². The van der Waals surface area contributed by atoms with Crippen molar-refractivity contribution in [1.82, 2.24) is 10.6 Å². The number of halogens is 1. The van der Waals surface area contributed by atoms with E-state index in [9.17, 15) is 4.79 Å². The minimum Gasteiger partial charge on any atom is -0.450 e. The van der Waals surface area contributed by atoms with Crippen LogP contribution in [0.15, 0.2) is 22.6 Å². The highest BCUT2D eigenvalue weighted by atomic mass is 35.5. The first-order chi connectivity index (χ1) is 10.5. The highest BCUT2D eigenvalue weighted by molar-refractivity contribution is 5.99. The fraction of sp³-hybridized carbons (Fsp3) is 0.500. The normalized spacial score (nSPS) is 16.8. The van der Waals surface area contributed by atoms with Crippen LogP contribution in [0.2, 0.25) is 0 Å². The summed E-state index contributed by atoms with van der Waals surface area (Å²) in [6.07, 6.45) is 2.18. The van der Waals surface area contributed by atoms with Crippen molar-refractivity contribution in [2.45, 2.75) is 33.6 Å². The van der Waals surface area contributed by atoms with Crippen LogP contribution in [0, 0.1) is 19.3 Å². The highest BCUT2D eigenvalue weighted by Gasteiger charge is 2.28. The standard InChI is InChI=1S/C18H24N2O2.ClH/c1-12-5-4-6-14-13(2)16(22-15(12)14)17(21)20-11-18(3)7-9-19-10-8-18;/h4-6,19H,7-11H2,1-3H3,(H,20,21);1H. The summed E-state index contributed by atoms with van der Waals surface area (Å²) in [5.41, 5.74) is 2.98. The third kappa shape index (κ3) is 3.54. The van der Waals surface area contributed by atoms with Gasteiger partial charge in [-0.1, -0.05) is 25.1 Å². The molecule has 126 valence electrons. The van der Waals surface area contributed by atoms with Crippen molar-refractivity contribution in [3.63, 3.8) is 0 Å². The smallest absolute Gasteiger partial charge is 0.287 e. The Morgan fingerprint density at radius 1 is 1.30 bits per heavy atom. The molecule has 2 heterocycles. The number of rotatable bonds is 3. The number of furan rings is 1. The molecule has 0 unspecified atom stereocenters. The zero-order valence-electron chi connectivity index (χ0n) is 14.0. The minimum atomic E-state index is -0.104. The summed E-state index contributed by atoms with van der Waals surface area (Å²) in [7, 11) is 0. The summed E-state index contributed by atoms with van der Waals surface area (Å²) in [4.78, 5) is 12.5. The molecule has 23 heavy (non-hydrogen) atoms. The number of amides is 1. The second kappa shape index (κ2) is 6.93. The average Bonchev–Trinajstić information content (AvgIpc) is 2.85. The summed E-state index contributed by atoms with van der Waals surface area (Å²) in [6, 6.07) is 6.01. The maximum Gasteiger partial charge on any atom is 0.287 e. The van der Waals surface area contributed by atoms with E-state index in [1.165, 1.54) is 0 Å². The Morgan fingerprint density at radius 3 is 2.65 bits per heavy atom. The molecular formula is C18H25ClN2O2. The number of hydrogen-bond acceptors (Lipinski definition) is 3. The van der Waals surface area contributed by atoms with Crippen molar-refractivity contribution in [3.05, 3.63) is 35.1 Å². The van der Waals surface area contributed by atoms with Gasteiger partial charge >= 0.3 is 0 Å². The second-order valence-corrected chi connectivity index (χ2v) is 6.75. The number of fused-ring (bicyclic) bond motifs is 1. The Labute approximate surface area is 143 Å². The molecule has 2 aromatic rings. The van der Waals surface area contributed by atoms with Crippen molar-refractivity contribution in [3.8, 4) is 0 Å². The monoisotopic (exact) mass is 336 g/mol. The van der Waals surface area contributed by atoms with Crippen LogP contribution in [0.1, 0.15) is 41.4 Å². The van der Waals surface area contributed by atoms with Gasteiger partial charge in [0.2, 0.25) is 0 Å². The summed E-state index contributed by atoms with van der Waals surface area (Å²) < 4.78 is 5.84. The van der Waals surface area contributed by atoms with Gasteiger partial charge in [0.25, 0.3) is 5.91 Å². The molecule has 5 heteroatoms. The number of hydrogen-bond donors (Lipinski definition) is 2. The predicted molar refractivity (Wildman–Crippen MR) is 95.5 cm³/mol. The molecule has 1 aromatic carbocycles. The SMILES string of the molecule is Cc1c(C(=O)NCC2(C)CCNCC2)oc2c(C)cccc12.Cl. The Kier molecular flexibility index (Phi) is 5.37. The molecule has 0 saturated carbocycles. The number of carbonyl (C=O) groups is 1. The van der Waals surface area contributed by atoms with Crippen LogP contribution < -0.4 is 10.6 Å². The van der Waals surface area contributed by atoms with Gasteiger partial charge in [-0.05, 0) is 50.8 Å². The van der Waals surface area contributed by atoms with E-state index in [0.717, 1.165) is 48.0 Å². The molecule has 1 aliphatic heterocycles. The molecule has 1 aliphatic rings. The quantitative estimate of drug-likeness (QED) is 0.900. The zero-order chi connectivity index (χ0) is 15.7. The van der Waals surface area contributed by atoms with Gasteiger partial charge in [0.15, 0.2) is 5.76 Å². The van der Waals surface area contributed by atoms with Crippen molar-refractivity contribution < 1.29 is 9.21 Å². The summed E-state index contributed by atoms with van der Waals surface area (Å²) in [5, 5.41) is 7.46. The maximum absolute atomic E-state index is 12.5. The third-order valence-electron chi connectivity index (χ3n) is 4.85. The molecule has 0 spiro atoms. The molecule has 0 atom stereocenters. The molecule has 1 amide bonds. The highest BCUT2D eigenvalue weighted by Crippen LogP contribution is 2.29. The van der Waals surface area contributed by atoms with Gasteiger partial charge in [-0.2, -0.15) is 0 Å². The van der Waals surface area contributed by atoms with Gasteiger partial charge in [0.05, 0.1) is 0 Å². The van der Waals surface area contributed by atoms with E-state index in [-0.39, 0.29) is 23.7 Å². The van der Waals surface area contributed by atoms with Crippen LogP contribution in [-0.4, -0.2) is 25.5 Å². The minimum absolute atomic E-state index is 0. The van der Waals surface area contributed by atoms with Crippen molar-refractivity contribution in [1.29, 1.82) is 0 Å². The first-order valence-electron chi connectivity index (χ1n) is 7.98. The van der Waals surface area contributed by atoms with Gasteiger partial charge in [0, 0.05) is 17.5 Å².